The molecule has 136 valence electrons. The van der Waals surface area contributed by atoms with Gasteiger partial charge in [-0.3, -0.25) is 9.69 Å². The molecule has 4 aromatic rings. The van der Waals surface area contributed by atoms with E-state index in [2.05, 4.69) is 54.1 Å². The number of aromatic amines is 2. The van der Waals surface area contributed by atoms with E-state index in [1.165, 1.54) is 10.9 Å². The molecule has 0 radical (unpaired) electrons. The number of aromatic nitrogens is 3. The molecule has 0 spiro atoms. The van der Waals surface area contributed by atoms with Gasteiger partial charge in [0.1, 0.15) is 0 Å². The number of furan rings is 1. The van der Waals surface area contributed by atoms with E-state index in [9.17, 15) is 4.79 Å². The number of rotatable bonds is 3. The van der Waals surface area contributed by atoms with Gasteiger partial charge >= 0.3 is 0 Å². The Morgan fingerprint density at radius 1 is 1.30 bits per heavy atom. The Morgan fingerprint density at radius 3 is 3.07 bits per heavy atom. The summed E-state index contributed by atoms with van der Waals surface area (Å²) < 4.78 is 6.45. The Labute approximate surface area is 163 Å². The summed E-state index contributed by atoms with van der Waals surface area (Å²) in [5.41, 5.74) is 3.91. The van der Waals surface area contributed by atoms with Gasteiger partial charge in [-0.05, 0) is 42.3 Å². The van der Waals surface area contributed by atoms with Crippen molar-refractivity contribution in [3.8, 4) is 11.6 Å². The third kappa shape index (κ3) is 3.02. The van der Waals surface area contributed by atoms with Gasteiger partial charge in [-0.2, -0.15) is 0 Å². The standard InChI is InChI=1S/C20H17BrN4O2/c21-13-3-4-16-15(8-13)12(9-22-16)10-25-6-5-14-17(11-25)23-19(24-20(14)26)18-2-1-7-27-18/h1-4,7-9,22H,5-6,10-11H2,(H,23,24,26). The minimum atomic E-state index is -0.0675. The van der Waals surface area contributed by atoms with Crippen molar-refractivity contribution in [2.24, 2.45) is 0 Å². The molecule has 0 saturated heterocycles. The van der Waals surface area contributed by atoms with Crippen LogP contribution in [-0.4, -0.2) is 26.4 Å². The largest absolute Gasteiger partial charge is 0.461 e. The van der Waals surface area contributed by atoms with Crippen LogP contribution in [0.4, 0.5) is 0 Å². The second-order valence-corrected chi connectivity index (χ2v) is 7.70. The van der Waals surface area contributed by atoms with Crippen molar-refractivity contribution in [1.82, 2.24) is 19.9 Å². The third-order valence-corrected chi connectivity index (χ3v) is 5.52. The molecule has 3 aromatic heterocycles. The number of nitrogens with zero attached hydrogens (tertiary/aromatic N) is 2. The summed E-state index contributed by atoms with van der Waals surface area (Å²) >= 11 is 3.55. The highest BCUT2D eigenvalue weighted by Crippen LogP contribution is 2.26. The van der Waals surface area contributed by atoms with Gasteiger partial charge in [0.25, 0.3) is 5.56 Å². The molecule has 0 atom stereocenters. The fraction of sp³-hybridized carbons (Fsp3) is 0.200. The van der Waals surface area contributed by atoms with Crippen LogP contribution < -0.4 is 5.56 Å². The molecule has 0 unspecified atom stereocenters. The van der Waals surface area contributed by atoms with Crippen molar-refractivity contribution in [3.63, 3.8) is 0 Å². The molecule has 1 aliphatic rings. The zero-order chi connectivity index (χ0) is 18.4. The Hall–Kier alpha value is -2.64. The smallest absolute Gasteiger partial charge is 0.254 e. The van der Waals surface area contributed by atoms with E-state index in [0.717, 1.165) is 34.3 Å². The molecular weight excluding hydrogens is 408 g/mol. The highest BCUT2D eigenvalue weighted by Gasteiger charge is 2.22. The third-order valence-electron chi connectivity index (χ3n) is 5.03. The Bertz CT molecular complexity index is 1180. The van der Waals surface area contributed by atoms with Crippen LogP contribution in [0.2, 0.25) is 0 Å². The molecule has 4 heterocycles. The van der Waals surface area contributed by atoms with Crippen LogP contribution in [0.15, 0.2) is 56.5 Å². The van der Waals surface area contributed by atoms with Crippen LogP contribution >= 0.6 is 15.9 Å². The minimum Gasteiger partial charge on any atom is -0.461 e. The number of hydrogen-bond donors (Lipinski definition) is 2. The van der Waals surface area contributed by atoms with Crippen molar-refractivity contribution in [2.75, 3.05) is 6.54 Å². The monoisotopic (exact) mass is 424 g/mol. The van der Waals surface area contributed by atoms with Crippen LogP contribution in [0.5, 0.6) is 0 Å². The van der Waals surface area contributed by atoms with E-state index >= 15 is 0 Å². The number of H-pyrrole nitrogens is 2. The lowest BCUT2D eigenvalue weighted by Gasteiger charge is -2.27. The van der Waals surface area contributed by atoms with Gasteiger partial charge in [-0.25, -0.2) is 4.98 Å². The molecule has 0 amide bonds. The minimum absolute atomic E-state index is 0.0675. The molecule has 0 fully saturated rings. The van der Waals surface area contributed by atoms with E-state index in [1.807, 2.05) is 6.07 Å². The zero-order valence-corrected chi connectivity index (χ0v) is 16.0. The van der Waals surface area contributed by atoms with E-state index in [-0.39, 0.29) is 5.56 Å². The number of benzene rings is 1. The first-order chi connectivity index (χ1) is 13.2. The number of halogens is 1. The number of nitrogens with one attached hydrogen (secondary N) is 2. The summed E-state index contributed by atoms with van der Waals surface area (Å²) in [5, 5.41) is 1.21. The first-order valence-electron chi connectivity index (χ1n) is 8.81. The predicted molar refractivity (Wildman–Crippen MR) is 106 cm³/mol. The quantitative estimate of drug-likeness (QED) is 0.523. The summed E-state index contributed by atoms with van der Waals surface area (Å²) in [4.78, 5) is 25.6. The van der Waals surface area contributed by atoms with Crippen LogP contribution in [0.3, 0.4) is 0 Å². The first kappa shape index (κ1) is 16.5. The predicted octanol–water partition coefficient (Wildman–Crippen LogP) is 3.83. The van der Waals surface area contributed by atoms with Crippen molar-refractivity contribution < 1.29 is 4.42 Å². The highest BCUT2D eigenvalue weighted by molar-refractivity contribution is 9.10. The SMILES string of the molecule is O=c1[nH]c(-c2ccco2)nc2c1CCN(Cc1c[nH]c3ccc(Br)cc13)C2. The maximum absolute atomic E-state index is 12.4. The number of hydrogen-bond acceptors (Lipinski definition) is 4. The van der Waals surface area contributed by atoms with Gasteiger partial charge in [-0.1, -0.05) is 15.9 Å². The molecule has 2 N–H and O–H groups in total. The lowest BCUT2D eigenvalue weighted by molar-refractivity contribution is 0.241. The molecule has 1 aromatic carbocycles. The molecule has 1 aliphatic heterocycles. The van der Waals surface area contributed by atoms with Gasteiger partial charge in [0.05, 0.1) is 12.0 Å². The van der Waals surface area contributed by atoms with Gasteiger partial charge in [0.2, 0.25) is 0 Å². The van der Waals surface area contributed by atoms with Crippen LogP contribution in [0, 0.1) is 0 Å². The second kappa shape index (κ2) is 6.51. The topological polar surface area (TPSA) is 77.9 Å². The zero-order valence-electron chi connectivity index (χ0n) is 14.5. The molecule has 0 saturated carbocycles. The molecule has 27 heavy (non-hydrogen) atoms. The maximum Gasteiger partial charge on any atom is 0.254 e. The Balaban J connectivity index is 1.45. The normalized spacial score (nSPS) is 14.6. The fourth-order valence-corrected chi connectivity index (χ4v) is 4.04. The summed E-state index contributed by atoms with van der Waals surface area (Å²) in [6.45, 7) is 2.28. The first-order valence-corrected chi connectivity index (χ1v) is 9.60. The Morgan fingerprint density at radius 2 is 2.22 bits per heavy atom. The summed E-state index contributed by atoms with van der Waals surface area (Å²) in [7, 11) is 0. The van der Waals surface area contributed by atoms with E-state index in [4.69, 9.17) is 4.42 Å². The highest BCUT2D eigenvalue weighted by atomic mass is 79.9. The van der Waals surface area contributed by atoms with E-state index in [1.54, 1.807) is 18.4 Å². The van der Waals surface area contributed by atoms with E-state index < -0.39 is 0 Å². The molecule has 6 nitrogen and oxygen atoms in total. The maximum atomic E-state index is 12.4. The van der Waals surface area contributed by atoms with Gasteiger partial charge in [-0.15, -0.1) is 0 Å². The second-order valence-electron chi connectivity index (χ2n) is 6.78. The molecule has 5 rings (SSSR count). The van der Waals surface area contributed by atoms with Crippen LogP contribution in [0.1, 0.15) is 16.8 Å². The van der Waals surface area contributed by atoms with Crippen molar-refractivity contribution in [3.05, 3.63) is 74.4 Å². The van der Waals surface area contributed by atoms with E-state index in [0.29, 0.717) is 24.6 Å². The lowest BCUT2D eigenvalue weighted by Crippen LogP contribution is -2.35. The molecular formula is C20H17BrN4O2. The van der Waals surface area contributed by atoms with Gasteiger partial charge < -0.3 is 14.4 Å². The van der Waals surface area contributed by atoms with Gasteiger partial charge in [0, 0.05) is 46.8 Å². The summed E-state index contributed by atoms with van der Waals surface area (Å²) in [6.07, 6.45) is 4.34. The lowest BCUT2D eigenvalue weighted by atomic mass is 10.1. The average Bonchev–Trinajstić information content (AvgIpc) is 3.32. The summed E-state index contributed by atoms with van der Waals surface area (Å²) in [5.74, 6) is 1.06. The molecule has 7 heteroatoms. The fourth-order valence-electron chi connectivity index (χ4n) is 3.68. The number of fused-ring (bicyclic) bond motifs is 2. The van der Waals surface area contributed by atoms with Gasteiger partial charge in [0.15, 0.2) is 11.6 Å². The van der Waals surface area contributed by atoms with Crippen molar-refractivity contribution >= 4 is 26.8 Å². The van der Waals surface area contributed by atoms with Crippen LogP contribution in [0.25, 0.3) is 22.5 Å². The van der Waals surface area contributed by atoms with Crippen molar-refractivity contribution in [1.29, 1.82) is 0 Å². The summed E-state index contributed by atoms with van der Waals surface area (Å²) in [6, 6.07) is 9.83. The Kier molecular flexibility index (Phi) is 3.98. The molecule has 0 bridgehead atoms. The van der Waals surface area contributed by atoms with Crippen molar-refractivity contribution in [2.45, 2.75) is 19.5 Å². The van der Waals surface area contributed by atoms with Crippen LogP contribution in [-0.2, 0) is 19.5 Å². The average molecular weight is 425 g/mol. The molecule has 0 aliphatic carbocycles.